The number of nitro benzene ring substituents is 1. The smallest absolute Gasteiger partial charge is 0.271 e. The van der Waals surface area contributed by atoms with Gasteiger partial charge in [0.25, 0.3) is 5.69 Å². The molecule has 2 aromatic rings. The molecule has 0 fully saturated rings. The van der Waals surface area contributed by atoms with Crippen LogP contribution in [-0.2, 0) is 0 Å². The van der Waals surface area contributed by atoms with E-state index in [0.717, 1.165) is 18.2 Å². The van der Waals surface area contributed by atoms with Crippen molar-refractivity contribution in [2.75, 3.05) is 10.6 Å². The van der Waals surface area contributed by atoms with Crippen molar-refractivity contribution in [1.29, 1.82) is 0 Å². The monoisotopic (exact) mass is 361 g/mol. The van der Waals surface area contributed by atoms with Crippen LogP contribution in [0.4, 0.5) is 30.2 Å². The normalized spacial score (nSPS) is 10.3. The molecule has 0 aliphatic rings. The number of nitrogens with zero attached hydrogens (tertiary/aromatic N) is 1. The van der Waals surface area contributed by atoms with Gasteiger partial charge in [0.05, 0.1) is 21.3 Å². The third-order valence-corrected chi connectivity index (χ3v) is 3.23. The molecule has 0 heterocycles. The van der Waals surface area contributed by atoms with Gasteiger partial charge in [-0.25, -0.2) is 13.2 Å². The number of halogens is 4. The first-order valence-corrected chi connectivity index (χ1v) is 6.73. The second-order valence-electron chi connectivity index (χ2n) is 4.22. The van der Waals surface area contributed by atoms with Crippen LogP contribution in [0, 0.1) is 27.6 Å². The van der Waals surface area contributed by atoms with Gasteiger partial charge in [0.2, 0.25) is 0 Å². The molecule has 0 aliphatic heterocycles. The highest BCUT2D eigenvalue weighted by Gasteiger charge is 2.15. The van der Waals surface area contributed by atoms with Crippen LogP contribution < -0.4 is 10.6 Å². The van der Waals surface area contributed by atoms with Crippen molar-refractivity contribution in [2.45, 2.75) is 0 Å². The van der Waals surface area contributed by atoms with E-state index in [2.05, 4.69) is 10.6 Å². The Morgan fingerprint density at radius 2 is 1.74 bits per heavy atom. The summed E-state index contributed by atoms with van der Waals surface area (Å²) in [4.78, 5) is 10.1. The summed E-state index contributed by atoms with van der Waals surface area (Å²) < 4.78 is 39.5. The number of hydrogen-bond donors (Lipinski definition) is 2. The van der Waals surface area contributed by atoms with Gasteiger partial charge in [0.1, 0.15) is 0 Å². The van der Waals surface area contributed by atoms with E-state index < -0.39 is 28.1 Å². The quantitative estimate of drug-likeness (QED) is 0.365. The molecule has 0 bridgehead atoms. The molecule has 2 aromatic carbocycles. The zero-order chi connectivity index (χ0) is 17.1. The SMILES string of the molecule is O=[N+]([O-])c1ccc(Cl)c(NC(=S)Nc2ccc(F)c(F)c2F)c1. The molecule has 0 aromatic heterocycles. The van der Waals surface area contributed by atoms with Crippen molar-refractivity contribution < 1.29 is 18.1 Å². The molecule has 10 heteroatoms. The zero-order valence-electron chi connectivity index (χ0n) is 11.1. The minimum absolute atomic E-state index is 0.0985. The fraction of sp³-hybridized carbons (Fsp3) is 0. The van der Waals surface area contributed by atoms with Crippen LogP contribution in [-0.4, -0.2) is 10.0 Å². The van der Waals surface area contributed by atoms with E-state index in [4.69, 9.17) is 23.8 Å². The maximum absolute atomic E-state index is 13.5. The van der Waals surface area contributed by atoms with E-state index in [1.807, 2.05) is 0 Å². The molecule has 0 spiro atoms. The molecule has 0 saturated heterocycles. The molecular formula is C13H7ClF3N3O2S. The molecule has 0 atom stereocenters. The summed E-state index contributed by atoms with van der Waals surface area (Å²) in [7, 11) is 0. The summed E-state index contributed by atoms with van der Waals surface area (Å²) in [6.45, 7) is 0. The van der Waals surface area contributed by atoms with Crippen LogP contribution in [0.25, 0.3) is 0 Å². The lowest BCUT2D eigenvalue weighted by atomic mass is 10.2. The van der Waals surface area contributed by atoms with Crippen molar-refractivity contribution in [3.05, 3.63) is 62.9 Å². The highest BCUT2D eigenvalue weighted by Crippen LogP contribution is 2.27. The molecule has 5 nitrogen and oxygen atoms in total. The molecule has 0 unspecified atom stereocenters. The van der Waals surface area contributed by atoms with Crippen molar-refractivity contribution in [3.63, 3.8) is 0 Å². The van der Waals surface area contributed by atoms with Gasteiger partial charge in [0, 0.05) is 12.1 Å². The van der Waals surface area contributed by atoms with Gasteiger partial charge in [-0.3, -0.25) is 10.1 Å². The van der Waals surface area contributed by atoms with Gasteiger partial charge < -0.3 is 10.6 Å². The van der Waals surface area contributed by atoms with E-state index in [0.29, 0.717) is 0 Å². The predicted octanol–water partition coefficient (Wildman–Crippen LogP) is 4.47. The summed E-state index contributed by atoms with van der Waals surface area (Å²) in [6.07, 6.45) is 0. The largest absolute Gasteiger partial charge is 0.331 e. The van der Waals surface area contributed by atoms with Crippen LogP contribution in [0.15, 0.2) is 30.3 Å². The van der Waals surface area contributed by atoms with Crippen molar-refractivity contribution >= 4 is 46.0 Å². The molecule has 0 radical (unpaired) electrons. The number of benzene rings is 2. The summed E-state index contributed by atoms with van der Waals surface area (Å²) >= 11 is 10.8. The minimum Gasteiger partial charge on any atom is -0.331 e. The number of hydrogen-bond acceptors (Lipinski definition) is 3. The first-order valence-electron chi connectivity index (χ1n) is 5.95. The molecule has 2 N–H and O–H groups in total. The summed E-state index contributed by atoms with van der Waals surface area (Å²) in [5.74, 6) is -4.43. The van der Waals surface area contributed by atoms with Crippen molar-refractivity contribution in [3.8, 4) is 0 Å². The molecule has 2 rings (SSSR count). The Morgan fingerprint density at radius 3 is 2.39 bits per heavy atom. The average Bonchev–Trinajstić information content (AvgIpc) is 2.50. The summed E-state index contributed by atoms with van der Waals surface area (Å²) in [6, 6.07) is 5.28. The number of non-ortho nitro benzene ring substituents is 1. The Kier molecular flexibility index (Phi) is 5.02. The molecule has 0 saturated carbocycles. The first-order chi connectivity index (χ1) is 10.8. The third kappa shape index (κ3) is 3.88. The lowest BCUT2D eigenvalue weighted by Crippen LogP contribution is -2.20. The number of anilines is 2. The van der Waals surface area contributed by atoms with Gasteiger partial charge in [-0.1, -0.05) is 11.6 Å². The van der Waals surface area contributed by atoms with Crippen molar-refractivity contribution in [2.24, 2.45) is 0 Å². The third-order valence-electron chi connectivity index (χ3n) is 2.69. The van der Waals surface area contributed by atoms with Gasteiger partial charge in [-0.15, -0.1) is 0 Å². The fourth-order valence-corrected chi connectivity index (χ4v) is 2.01. The van der Waals surface area contributed by atoms with Gasteiger partial charge >= 0.3 is 0 Å². The molecular weight excluding hydrogens is 355 g/mol. The van der Waals surface area contributed by atoms with E-state index >= 15 is 0 Å². The Bertz CT molecular complexity index is 804. The van der Waals surface area contributed by atoms with Gasteiger partial charge in [0.15, 0.2) is 22.6 Å². The van der Waals surface area contributed by atoms with Crippen LogP contribution in [0.1, 0.15) is 0 Å². The predicted molar refractivity (Wildman–Crippen MR) is 84.3 cm³/mol. The average molecular weight is 362 g/mol. The second kappa shape index (κ2) is 6.80. The maximum atomic E-state index is 13.5. The topological polar surface area (TPSA) is 67.2 Å². The number of nitro groups is 1. The van der Waals surface area contributed by atoms with E-state index in [1.54, 1.807) is 0 Å². The Hall–Kier alpha value is -2.39. The Morgan fingerprint density at radius 1 is 1.09 bits per heavy atom. The van der Waals surface area contributed by atoms with Crippen LogP contribution in [0.3, 0.4) is 0 Å². The first kappa shape index (κ1) is 17.0. The Labute approximate surface area is 138 Å². The van der Waals surface area contributed by atoms with E-state index in [1.165, 1.54) is 12.1 Å². The lowest BCUT2D eigenvalue weighted by molar-refractivity contribution is -0.384. The zero-order valence-corrected chi connectivity index (χ0v) is 12.6. The second-order valence-corrected chi connectivity index (χ2v) is 5.04. The van der Waals surface area contributed by atoms with E-state index in [9.17, 15) is 23.3 Å². The van der Waals surface area contributed by atoms with E-state index in [-0.39, 0.29) is 21.5 Å². The fourth-order valence-electron chi connectivity index (χ4n) is 1.62. The summed E-state index contributed by atoms with van der Waals surface area (Å²) in [5.41, 5.74) is -0.539. The van der Waals surface area contributed by atoms with Crippen molar-refractivity contribution in [1.82, 2.24) is 0 Å². The standard InChI is InChI=1S/C13H7ClF3N3O2S/c14-7-2-1-6(20(21)22)5-10(7)19-13(23)18-9-4-3-8(15)11(16)12(9)17/h1-5H,(H2,18,19,23). The number of nitrogens with one attached hydrogen (secondary N) is 2. The minimum atomic E-state index is -1.65. The Balaban J connectivity index is 2.19. The molecule has 0 amide bonds. The molecule has 120 valence electrons. The van der Waals surface area contributed by atoms with Gasteiger partial charge in [-0.05, 0) is 30.4 Å². The van der Waals surface area contributed by atoms with Crippen LogP contribution in [0.2, 0.25) is 5.02 Å². The summed E-state index contributed by atoms with van der Waals surface area (Å²) in [5, 5.41) is 15.5. The van der Waals surface area contributed by atoms with Crippen LogP contribution in [0.5, 0.6) is 0 Å². The lowest BCUT2D eigenvalue weighted by Gasteiger charge is -2.12. The van der Waals surface area contributed by atoms with Crippen LogP contribution >= 0.6 is 23.8 Å². The maximum Gasteiger partial charge on any atom is 0.271 e. The molecule has 0 aliphatic carbocycles. The molecule has 23 heavy (non-hydrogen) atoms. The highest BCUT2D eigenvalue weighted by atomic mass is 35.5. The number of rotatable bonds is 3. The van der Waals surface area contributed by atoms with Gasteiger partial charge in [-0.2, -0.15) is 0 Å². The highest BCUT2D eigenvalue weighted by molar-refractivity contribution is 7.80. The number of thiocarbonyl (C=S) groups is 1.